The summed E-state index contributed by atoms with van der Waals surface area (Å²) in [6.45, 7) is 0.169. The summed E-state index contributed by atoms with van der Waals surface area (Å²) < 4.78 is 25.6. The molecule has 1 aromatic carbocycles. The van der Waals surface area contributed by atoms with Crippen LogP contribution >= 0.6 is 0 Å². The first kappa shape index (κ1) is 10.6. The highest BCUT2D eigenvalue weighted by Crippen LogP contribution is 2.16. The highest BCUT2D eigenvalue weighted by molar-refractivity contribution is 5.90. The van der Waals surface area contributed by atoms with Crippen molar-refractivity contribution in [2.24, 2.45) is 5.73 Å². The van der Waals surface area contributed by atoms with Crippen molar-refractivity contribution >= 4 is 11.6 Å². The van der Waals surface area contributed by atoms with Gasteiger partial charge in [-0.2, -0.15) is 0 Å². The molecule has 1 amide bonds. The van der Waals surface area contributed by atoms with E-state index in [1.54, 1.807) is 0 Å². The first-order valence-corrected chi connectivity index (χ1v) is 4.09. The molecule has 1 aromatic rings. The van der Waals surface area contributed by atoms with E-state index in [2.05, 4.69) is 5.32 Å². The smallest absolute Gasteiger partial charge is 0.225 e. The average molecular weight is 200 g/mol. The topological polar surface area (TPSA) is 55.1 Å². The number of carbonyl (C=O) groups is 1. The summed E-state index contributed by atoms with van der Waals surface area (Å²) in [6, 6.07) is 3.58. The first-order chi connectivity index (χ1) is 6.65. The largest absolute Gasteiger partial charge is 0.330 e. The number of hydrogen-bond acceptors (Lipinski definition) is 2. The average Bonchev–Trinajstić information content (AvgIpc) is 2.13. The fourth-order valence-electron chi connectivity index (χ4n) is 0.944. The third-order valence-electron chi connectivity index (χ3n) is 1.60. The molecule has 0 aromatic heterocycles. The molecule has 0 spiro atoms. The van der Waals surface area contributed by atoms with E-state index >= 15 is 0 Å². The Bertz CT molecular complexity index is 342. The molecule has 0 aliphatic rings. The Morgan fingerprint density at radius 1 is 1.43 bits per heavy atom. The van der Waals surface area contributed by atoms with Gasteiger partial charge in [-0.1, -0.05) is 6.07 Å². The van der Waals surface area contributed by atoms with Crippen LogP contribution in [0.2, 0.25) is 0 Å². The van der Waals surface area contributed by atoms with Gasteiger partial charge < -0.3 is 11.1 Å². The normalized spacial score (nSPS) is 9.93. The van der Waals surface area contributed by atoms with Crippen molar-refractivity contribution in [2.45, 2.75) is 6.42 Å². The zero-order valence-corrected chi connectivity index (χ0v) is 7.39. The van der Waals surface area contributed by atoms with Crippen molar-refractivity contribution in [3.05, 3.63) is 29.8 Å². The van der Waals surface area contributed by atoms with Crippen LogP contribution < -0.4 is 11.1 Å². The van der Waals surface area contributed by atoms with Crippen molar-refractivity contribution in [1.82, 2.24) is 0 Å². The number of hydrogen-bond donors (Lipinski definition) is 2. The standard InChI is InChI=1S/C9H10F2N2O/c10-6-2-1-3-7(9(6)11)13-8(14)4-5-12/h1-3H,4-5,12H2,(H,13,14). The Hall–Kier alpha value is -1.49. The Morgan fingerprint density at radius 3 is 2.79 bits per heavy atom. The zero-order valence-electron chi connectivity index (χ0n) is 7.39. The number of benzene rings is 1. The molecule has 0 saturated heterocycles. The number of amides is 1. The van der Waals surface area contributed by atoms with Gasteiger partial charge in [0.2, 0.25) is 5.91 Å². The molecule has 0 radical (unpaired) electrons. The fraction of sp³-hybridized carbons (Fsp3) is 0.222. The van der Waals surface area contributed by atoms with Crippen molar-refractivity contribution in [3.63, 3.8) is 0 Å². The number of rotatable bonds is 3. The summed E-state index contributed by atoms with van der Waals surface area (Å²) in [5, 5.41) is 2.22. The minimum absolute atomic E-state index is 0.0793. The molecule has 0 atom stereocenters. The predicted molar refractivity (Wildman–Crippen MR) is 48.7 cm³/mol. The summed E-state index contributed by atoms with van der Waals surface area (Å²) in [5.74, 6) is -2.48. The van der Waals surface area contributed by atoms with Gasteiger partial charge in [0.25, 0.3) is 0 Å². The number of nitrogens with one attached hydrogen (secondary N) is 1. The van der Waals surface area contributed by atoms with E-state index in [0.29, 0.717) is 0 Å². The van der Waals surface area contributed by atoms with E-state index in [0.717, 1.165) is 6.07 Å². The van der Waals surface area contributed by atoms with E-state index in [9.17, 15) is 13.6 Å². The minimum Gasteiger partial charge on any atom is -0.330 e. The molecule has 3 nitrogen and oxygen atoms in total. The number of halogens is 2. The van der Waals surface area contributed by atoms with E-state index in [-0.39, 0.29) is 18.7 Å². The fourth-order valence-corrected chi connectivity index (χ4v) is 0.944. The van der Waals surface area contributed by atoms with Crippen molar-refractivity contribution in [3.8, 4) is 0 Å². The molecule has 5 heteroatoms. The minimum atomic E-state index is -1.06. The molecule has 0 fully saturated rings. The Morgan fingerprint density at radius 2 is 2.14 bits per heavy atom. The van der Waals surface area contributed by atoms with Gasteiger partial charge in [0, 0.05) is 13.0 Å². The van der Waals surface area contributed by atoms with Crippen LogP contribution in [0.25, 0.3) is 0 Å². The van der Waals surface area contributed by atoms with E-state index in [1.165, 1.54) is 12.1 Å². The molecule has 14 heavy (non-hydrogen) atoms. The third-order valence-corrected chi connectivity index (χ3v) is 1.60. The second-order valence-electron chi connectivity index (χ2n) is 2.69. The molecule has 76 valence electrons. The number of anilines is 1. The first-order valence-electron chi connectivity index (χ1n) is 4.09. The summed E-state index contributed by atoms with van der Waals surface area (Å²) in [6.07, 6.45) is 0.0793. The van der Waals surface area contributed by atoms with Gasteiger partial charge in [-0.3, -0.25) is 4.79 Å². The van der Waals surface area contributed by atoms with Gasteiger partial charge in [-0.05, 0) is 12.1 Å². The maximum absolute atomic E-state index is 13.0. The van der Waals surface area contributed by atoms with Crippen LogP contribution in [-0.2, 0) is 4.79 Å². The van der Waals surface area contributed by atoms with Gasteiger partial charge in [-0.15, -0.1) is 0 Å². The number of nitrogens with two attached hydrogens (primary N) is 1. The molecule has 1 rings (SSSR count). The van der Waals surface area contributed by atoms with Crippen LogP contribution in [0, 0.1) is 11.6 Å². The third kappa shape index (κ3) is 2.50. The molecule has 3 N–H and O–H groups in total. The lowest BCUT2D eigenvalue weighted by atomic mass is 10.3. The van der Waals surface area contributed by atoms with E-state index in [1.807, 2.05) is 0 Å². The highest BCUT2D eigenvalue weighted by atomic mass is 19.2. The zero-order chi connectivity index (χ0) is 10.6. The molecule has 0 aliphatic heterocycles. The van der Waals surface area contributed by atoms with Crippen molar-refractivity contribution in [1.29, 1.82) is 0 Å². The number of carbonyl (C=O) groups excluding carboxylic acids is 1. The Balaban J connectivity index is 2.76. The highest BCUT2D eigenvalue weighted by Gasteiger charge is 2.09. The van der Waals surface area contributed by atoms with Crippen LogP contribution in [0.3, 0.4) is 0 Å². The van der Waals surface area contributed by atoms with Gasteiger partial charge in [-0.25, -0.2) is 8.78 Å². The Kier molecular flexibility index (Phi) is 3.53. The SMILES string of the molecule is NCCC(=O)Nc1cccc(F)c1F. The molecule has 0 heterocycles. The molecule has 0 saturated carbocycles. The van der Waals surface area contributed by atoms with Crippen LogP contribution in [-0.4, -0.2) is 12.5 Å². The molecular weight excluding hydrogens is 190 g/mol. The summed E-state index contributed by atoms with van der Waals surface area (Å²) in [7, 11) is 0. The quantitative estimate of drug-likeness (QED) is 0.771. The summed E-state index contributed by atoms with van der Waals surface area (Å²) in [4.78, 5) is 11.0. The summed E-state index contributed by atoms with van der Waals surface area (Å²) >= 11 is 0. The maximum Gasteiger partial charge on any atom is 0.225 e. The monoisotopic (exact) mass is 200 g/mol. The molecule has 0 aliphatic carbocycles. The lowest BCUT2D eigenvalue weighted by molar-refractivity contribution is -0.116. The second-order valence-corrected chi connectivity index (χ2v) is 2.69. The van der Waals surface area contributed by atoms with Crippen LogP contribution in [0.1, 0.15) is 6.42 Å². The second kappa shape index (κ2) is 4.66. The van der Waals surface area contributed by atoms with Gasteiger partial charge in [0.05, 0.1) is 5.69 Å². The van der Waals surface area contributed by atoms with Crippen LogP contribution in [0.4, 0.5) is 14.5 Å². The van der Waals surface area contributed by atoms with Gasteiger partial charge in [0.1, 0.15) is 0 Å². The van der Waals surface area contributed by atoms with E-state index < -0.39 is 17.5 Å². The molecular formula is C9H10F2N2O. The van der Waals surface area contributed by atoms with Crippen molar-refractivity contribution < 1.29 is 13.6 Å². The maximum atomic E-state index is 13.0. The van der Waals surface area contributed by atoms with Gasteiger partial charge >= 0.3 is 0 Å². The summed E-state index contributed by atoms with van der Waals surface area (Å²) in [5.41, 5.74) is 4.96. The van der Waals surface area contributed by atoms with Gasteiger partial charge in [0.15, 0.2) is 11.6 Å². The lowest BCUT2D eigenvalue weighted by Gasteiger charge is -2.05. The molecule has 0 bridgehead atoms. The predicted octanol–water partition coefficient (Wildman–Crippen LogP) is 1.25. The lowest BCUT2D eigenvalue weighted by Crippen LogP contribution is -2.17. The van der Waals surface area contributed by atoms with Crippen LogP contribution in [0.5, 0.6) is 0 Å². The van der Waals surface area contributed by atoms with E-state index in [4.69, 9.17) is 5.73 Å². The molecule has 0 unspecified atom stereocenters. The van der Waals surface area contributed by atoms with Crippen molar-refractivity contribution in [2.75, 3.05) is 11.9 Å². The Labute approximate surface area is 79.9 Å². The van der Waals surface area contributed by atoms with Crippen LogP contribution in [0.15, 0.2) is 18.2 Å².